The summed E-state index contributed by atoms with van der Waals surface area (Å²) in [5, 5.41) is 11.6. The molecule has 0 N–H and O–H groups in total. The van der Waals surface area contributed by atoms with E-state index < -0.39 is 12.3 Å². The smallest absolute Gasteiger partial charge is 0.314 e. The fraction of sp³-hybridized carbons (Fsp3) is 0.188. The number of fused-ring (bicyclic) bond motifs is 1. The van der Waals surface area contributed by atoms with E-state index in [4.69, 9.17) is 13.7 Å². The molecule has 0 unspecified atom stereocenters. The molecule has 132 valence electrons. The Labute approximate surface area is 144 Å². The Kier molecular flexibility index (Phi) is 3.99. The first-order chi connectivity index (χ1) is 12.6. The van der Waals surface area contributed by atoms with Crippen molar-refractivity contribution in [2.24, 2.45) is 0 Å². The van der Waals surface area contributed by atoms with Gasteiger partial charge in [0, 0.05) is 23.8 Å². The number of ether oxygens (including phenoxy) is 1. The SMILES string of the molecule is Cc1noc2cc(OCc3ncc(-c4nnc(C(F)F)o4)cn3)ccc12. The Bertz CT molecular complexity index is 1050. The molecule has 4 aromatic rings. The molecule has 0 aliphatic heterocycles. The van der Waals surface area contributed by atoms with E-state index in [1.54, 1.807) is 12.1 Å². The number of aryl methyl sites for hydroxylation is 1. The van der Waals surface area contributed by atoms with Gasteiger partial charge in [0.2, 0.25) is 0 Å². The van der Waals surface area contributed by atoms with Gasteiger partial charge in [-0.2, -0.15) is 8.78 Å². The van der Waals surface area contributed by atoms with Gasteiger partial charge in [0.1, 0.15) is 12.4 Å². The van der Waals surface area contributed by atoms with Crippen molar-refractivity contribution >= 4 is 11.0 Å². The van der Waals surface area contributed by atoms with Gasteiger partial charge >= 0.3 is 6.43 Å². The van der Waals surface area contributed by atoms with E-state index in [2.05, 4.69) is 25.3 Å². The second kappa shape index (κ2) is 6.47. The molecule has 0 fully saturated rings. The normalized spacial score (nSPS) is 11.4. The van der Waals surface area contributed by atoms with Crippen molar-refractivity contribution in [3.05, 3.63) is 48.0 Å². The summed E-state index contributed by atoms with van der Waals surface area (Å²) in [5.41, 5.74) is 1.77. The minimum absolute atomic E-state index is 0.0705. The Balaban J connectivity index is 1.44. The van der Waals surface area contributed by atoms with Crippen LogP contribution in [0.3, 0.4) is 0 Å². The maximum absolute atomic E-state index is 12.5. The summed E-state index contributed by atoms with van der Waals surface area (Å²) in [6.07, 6.45) is -0.0233. The van der Waals surface area contributed by atoms with Crippen molar-refractivity contribution < 1.29 is 22.5 Å². The molecular formula is C16H11F2N5O3. The molecule has 10 heteroatoms. The van der Waals surface area contributed by atoms with E-state index in [1.807, 2.05) is 13.0 Å². The zero-order valence-corrected chi connectivity index (χ0v) is 13.4. The van der Waals surface area contributed by atoms with Crippen LogP contribution >= 0.6 is 0 Å². The molecule has 26 heavy (non-hydrogen) atoms. The summed E-state index contributed by atoms with van der Waals surface area (Å²) >= 11 is 0. The lowest BCUT2D eigenvalue weighted by atomic mass is 10.2. The molecule has 0 spiro atoms. The van der Waals surface area contributed by atoms with Gasteiger partial charge in [0.15, 0.2) is 11.4 Å². The molecule has 0 radical (unpaired) electrons. The van der Waals surface area contributed by atoms with Crippen LogP contribution in [-0.4, -0.2) is 25.3 Å². The molecule has 0 aliphatic rings. The summed E-state index contributed by atoms with van der Waals surface area (Å²) < 4.78 is 40.6. The molecule has 0 saturated heterocycles. The number of hydrogen-bond donors (Lipinski definition) is 0. The van der Waals surface area contributed by atoms with Crippen molar-refractivity contribution in [1.82, 2.24) is 25.3 Å². The first kappa shape index (κ1) is 16.1. The van der Waals surface area contributed by atoms with E-state index in [0.29, 0.717) is 22.7 Å². The lowest BCUT2D eigenvalue weighted by Gasteiger charge is -2.05. The highest BCUT2D eigenvalue weighted by Gasteiger charge is 2.17. The topological polar surface area (TPSA) is 100.0 Å². The second-order valence-electron chi connectivity index (χ2n) is 5.35. The van der Waals surface area contributed by atoms with Crippen molar-refractivity contribution in [3.63, 3.8) is 0 Å². The van der Waals surface area contributed by atoms with Crippen molar-refractivity contribution in [3.8, 4) is 17.2 Å². The third kappa shape index (κ3) is 3.08. The molecule has 8 nitrogen and oxygen atoms in total. The average molecular weight is 359 g/mol. The second-order valence-corrected chi connectivity index (χ2v) is 5.35. The van der Waals surface area contributed by atoms with Crippen LogP contribution < -0.4 is 4.74 Å². The van der Waals surface area contributed by atoms with Crippen LogP contribution in [0.15, 0.2) is 39.5 Å². The summed E-state index contributed by atoms with van der Waals surface area (Å²) in [4.78, 5) is 8.21. The van der Waals surface area contributed by atoms with Crippen LogP contribution in [0.5, 0.6) is 5.75 Å². The van der Waals surface area contributed by atoms with Crippen molar-refractivity contribution in [1.29, 1.82) is 0 Å². The number of halogens is 2. The first-order valence-corrected chi connectivity index (χ1v) is 7.52. The van der Waals surface area contributed by atoms with Crippen molar-refractivity contribution in [2.45, 2.75) is 20.0 Å². The lowest BCUT2D eigenvalue weighted by molar-refractivity contribution is 0.116. The molecule has 0 saturated carbocycles. The largest absolute Gasteiger partial charge is 0.485 e. The number of benzene rings is 1. The number of aromatic nitrogens is 5. The zero-order chi connectivity index (χ0) is 18.1. The molecule has 4 rings (SSSR count). The summed E-state index contributed by atoms with van der Waals surface area (Å²) in [5.74, 6) is 0.167. The standard InChI is InChI=1S/C16H11F2N5O3/c1-8-11-3-2-10(4-12(11)26-23-8)24-7-13-19-5-9(6-20-13)15-21-22-16(25-15)14(17)18/h2-6,14H,7H2,1H3. The van der Waals surface area contributed by atoms with Crippen LogP contribution in [0.2, 0.25) is 0 Å². The molecule has 0 atom stereocenters. The molecule has 0 amide bonds. The predicted octanol–water partition coefficient (Wildman–Crippen LogP) is 3.49. The lowest BCUT2D eigenvalue weighted by Crippen LogP contribution is -2.01. The van der Waals surface area contributed by atoms with Crippen LogP contribution in [0, 0.1) is 6.92 Å². The monoisotopic (exact) mass is 359 g/mol. The van der Waals surface area contributed by atoms with Crippen molar-refractivity contribution in [2.75, 3.05) is 0 Å². The summed E-state index contributed by atoms with van der Waals surface area (Å²) in [7, 11) is 0. The maximum Gasteiger partial charge on any atom is 0.314 e. The van der Waals surface area contributed by atoms with Crippen LogP contribution in [0.25, 0.3) is 22.4 Å². The summed E-state index contributed by atoms with van der Waals surface area (Å²) in [6, 6.07) is 5.38. The van der Waals surface area contributed by atoms with E-state index in [1.165, 1.54) is 12.4 Å². The van der Waals surface area contributed by atoms with Crippen LogP contribution in [-0.2, 0) is 6.61 Å². The Morgan fingerprint density at radius 1 is 1.15 bits per heavy atom. The molecule has 3 heterocycles. The number of rotatable bonds is 5. The van der Waals surface area contributed by atoms with Gasteiger partial charge < -0.3 is 13.7 Å². The number of alkyl halides is 2. The zero-order valence-electron chi connectivity index (χ0n) is 13.4. The molecule has 1 aromatic carbocycles. The van der Waals surface area contributed by atoms with E-state index in [-0.39, 0.29) is 12.5 Å². The minimum Gasteiger partial charge on any atom is -0.485 e. The number of hydrogen-bond acceptors (Lipinski definition) is 8. The fourth-order valence-corrected chi connectivity index (χ4v) is 2.26. The highest BCUT2D eigenvalue weighted by Crippen LogP contribution is 2.24. The number of nitrogens with zero attached hydrogens (tertiary/aromatic N) is 5. The molecule has 0 aliphatic carbocycles. The van der Waals surface area contributed by atoms with Gasteiger partial charge in [-0.05, 0) is 19.1 Å². The van der Waals surface area contributed by atoms with Crippen LogP contribution in [0.4, 0.5) is 8.78 Å². The maximum atomic E-state index is 12.5. The van der Waals surface area contributed by atoms with E-state index in [0.717, 1.165) is 11.1 Å². The molecule has 3 aromatic heterocycles. The van der Waals surface area contributed by atoms with Gasteiger partial charge in [-0.25, -0.2) is 9.97 Å². The van der Waals surface area contributed by atoms with E-state index in [9.17, 15) is 8.78 Å². The Morgan fingerprint density at radius 2 is 1.96 bits per heavy atom. The fourth-order valence-electron chi connectivity index (χ4n) is 2.26. The minimum atomic E-state index is -2.82. The highest BCUT2D eigenvalue weighted by atomic mass is 19.3. The van der Waals surface area contributed by atoms with Gasteiger partial charge in [-0.15, -0.1) is 10.2 Å². The van der Waals surface area contributed by atoms with Gasteiger partial charge in [0.25, 0.3) is 11.8 Å². The quantitative estimate of drug-likeness (QED) is 0.534. The average Bonchev–Trinajstić information content (AvgIpc) is 3.28. The highest BCUT2D eigenvalue weighted by molar-refractivity contribution is 5.80. The van der Waals surface area contributed by atoms with Gasteiger partial charge in [-0.3, -0.25) is 0 Å². The third-order valence-electron chi connectivity index (χ3n) is 3.57. The van der Waals surface area contributed by atoms with Gasteiger partial charge in [-0.1, -0.05) is 5.16 Å². The van der Waals surface area contributed by atoms with Crippen LogP contribution in [0.1, 0.15) is 23.8 Å². The summed E-state index contributed by atoms with van der Waals surface area (Å²) in [6.45, 7) is 1.97. The third-order valence-corrected chi connectivity index (χ3v) is 3.57. The first-order valence-electron chi connectivity index (χ1n) is 7.52. The Morgan fingerprint density at radius 3 is 2.69 bits per heavy atom. The van der Waals surface area contributed by atoms with Gasteiger partial charge in [0.05, 0.1) is 11.3 Å². The van der Waals surface area contributed by atoms with E-state index >= 15 is 0 Å². The Hall–Kier alpha value is -3.43. The molecule has 0 bridgehead atoms. The predicted molar refractivity (Wildman–Crippen MR) is 83.4 cm³/mol. The molecular weight excluding hydrogens is 348 g/mol.